The van der Waals surface area contributed by atoms with Crippen LogP contribution in [-0.4, -0.2) is 12.0 Å². The van der Waals surface area contributed by atoms with Gasteiger partial charge in [0, 0.05) is 5.39 Å². The Morgan fingerprint density at radius 1 is 1.00 bits per heavy atom. The first-order valence-corrected chi connectivity index (χ1v) is 7.16. The molecular weight excluding hydrogens is 294 g/mol. The van der Waals surface area contributed by atoms with E-state index in [4.69, 9.17) is 9.15 Å². The molecule has 23 heavy (non-hydrogen) atoms. The summed E-state index contributed by atoms with van der Waals surface area (Å²) in [6.07, 6.45) is 0. The summed E-state index contributed by atoms with van der Waals surface area (Å²) in [5.74, 6) is 0.569. The topological polar surface area (TPSA) is 65.5 Å². The Kier molecular flexibility index (Phi) is 2.78. The van der Waals surface area contributed by atoms with Crippen LogP contribution in [0.1, 0.15) is 5.56 Å². The highest BCUT2D eigenvalue weighted by atomic mass is 16.6. The predicted octanol–water partition coefficient (Wildman–Crippen LogP) is 4.96. The molecule has 1 heterocycles. The summed E-state index contributed by atoms with van der Waals surface area (Å²) in [5.41, 5.74) is 1.64. The number of benzene rings is 3. The summed E-state index contributed by atoms with van der Waals surface area (Å²) < 4.78 is 10.6. The second kappa shape index (κ2) is 4.71. The van der Waals surface area contributed by atoms with Gasteiger partial charge in [0.05, 0.1) is 13.2 Å². The van der Waals surface area contributed by atoms with Gasteiger partial charge in [-0.1, -0.05) is 12.1 Å². The maximum atomic E-state index is 11.0. The Morgan fingerprint density at radius 2 is 1.83 bits per heavy atom. The van der Waals surface area contributed by atoms with Crippen molar-refractivity contribution in [2.75, 3.05) is 7.11 Å². The largest absolute Gasteiger partial charge is 0.497 e. The first-order valence-electron chi connectivity index (χ1n) is 7.16. The number of hydrogen-bond acceptors (Lipinski definition) is 4. The molecule has 0 aliphatic heterocycles. The molecule has 0 saturated carbocycles. The lowest BCUT2D eigenvalue weighted by Crippen LogP contribution is -1.86. The van der Waals surface area contributed by atoms with E-state index in [9.17, 15) is 10.1 Å². The van der Waals surface area contributed by atoms with Crippen molar-refractivity contribution in [2.45, 2.75) is 6.92 Å². The number of nitro groups is 1. The Bertz CT molecular complexity index is 1090. The van der Waals surface area contributed by atoms with Crippen molar-refractivity contribution in [2.24, 2.45) is 0 Å². The fraction of sp³-hybridized carbons (Fsp3) is 0.111. The van der Waals surface area contributed by atoms with E-state index in [-0.39, 0.29) is 5.88 Å². The molecule has 3 aromatic carbocycles. The standard InChI is InChI=1S/C18H13NO4/c1-10-13-5-6-17-16(9-18(23-17)19(20)21)15(13)7-11-3-4-12(22-2)8-14(10)11/h3-9H,1-2H3. The molecule has 0 unspecified atom stereocenters. The monoisotopic (exact) mass is 307 g/mol. The summed E-state index contributed by atoms with van der Waals surface area (Å²) >= 11 is 0. The van der Waals surface area contributed by atoms with Crippen LogP contribution >= 0.6 is 0 Å². The molecule has 0 spiro atoms. The number of rotatable bonds is 2. The van der Waals surface area contributed by atoms with E-state index >= 15 is 0 Å². The van der Waals surface area contributed by atoms with Gasteiger partial charge in [0.15, 0.2) is 0 Å². The zero-order chi connectivity index (χ0) is 16.1. The average Bonchev–Trinajstić information content (AvgIpc) is 3.00. The third-order valence-electron chi connectivity index (χ3n) is 4.28. The summed E-state index contributed by atoms with van der Waals surface area (Å²) in [6.45, 7) is 2.05. The highest BCUT2D eigenvalue weighted by molar-refractivity contribution is 6.13. The second-order valence-corrected chi connectivity index (χ2v) is 5.50. The van der Waals surface area contributed by atoms with Crippen LogP contribution in [0.15, 0.2) is 46.9 Å². The number of aryl methyl sites for hydroxylation is 1. The molecule has 1 aromatic heterocycles. The first-order chi connectivity index (χ1) is 11.1. The normalized spacial score (nSPS) is 11.4. The molecular formula is C18H13NO4. The summed E-state index contributed by atoms with van der Waals surface area (Å²) in [7, 11) is 1.64. The molecule has 4 aromatic rings. The van der Waals surface area contributed by atoms with Crippen LogP contribution in [0, 0.1) is 17.0 Å². The maximum Gasteiger partial charge on any atom is 0.434 e. The van der Waals surface area contributed by atoms with Crippen LogP contribution in [0.3, 0.4) is 0 Å². The Hall–Kier alpha value is -3.08. The van der Waals surface area contributed by atoms with Gasteiger partial charge in [-0.25, -0.2) is 0 Å². The van der Waals surface area contributed by atoms with Gasteiger partial charge in [-0.3, -0.25) is 10.1 Å². The highest BCUT2D eigenvalue weighted by Crippen LogP contribution is 2.36. The third kappa shape index (κ3) is 1.93. The van der Waals surface area contributed by atoms with Gasteiger partial charge in [-0.05, 0) is 58.3 Å². The van der Waals surface area contributed by atoms with Crippen LogP contribution in [0.5, 0.6) is 5.75 Å². The zero-order valence-corrected chi connectivity index (χ0v) is 12.6. The third-order valence-corrected chi connectivity index (χ3v) is 4.28. The number of furan rings is 1. The van der Waals surface area contributed by atoms with E-state index in [1.54, 1.807) is 13.2 Å². The Labute approximate surface area is 131 Å². The lowest BCUT2D eigenvalue weighted by Gasteiger charge is -2.09. The van der Waals surface area contributed by atoms with E-state index in [2.05, 4.69) is 0 Å². The van der Waals surface area contributed by atoms with Crippen LogP contribution < -0.4 is 4.74 Å². The van der Waals surface area contributed by atoms with Crippen LogP contribution in [0.2, 0.25) is 0 Å². The quantitative estimate of drug-likeness (QED) is 0.298. The molecule has 5 nitrogen and oxygen atoms in total. The fourth-order valence-electron chi connectivity index (χ4n) is 3.11. The molecule has 5 heteroatoms. The molecule has 0 bridgehead atoms. The zero-order valence-electron chi connectivity index (χ0n) is 12.6. The molecule has 0 aliphatic rings. The molecule has 0 aliphatic carbocycles. The minimum atomic E-state index is -0.509. The van der Waals surface area contributed by atoms with Crippen molar-refractivity contribution in [1.82, 2.24) is 0 Å². The Balaban J connectivity index is 2.14. The van der Waals surface area contributed by atoms with Crippen LogP contribution in [0.4, 0.5) is 5.88 Å². The molecule has 0 atom stereocenters. The fourth-order valence-corrected chi connectivity index (χ4v) is 3.11. The van der Waals surface area contributed by atoms with Gasteiger partial charge in [0.25, 0.3) is 0 Å². The van der Waals surface area contributed by atoms with E-state index in [0.717, 1.165) is 38.2 Å². The molecule has 114 valence electrons. The van der Waals surface area contributed by atoms with Gasteiger partial charge in [-0.15, -0.1) is 0 Å². The number of hydrogen-bond donors (Lipinski definition) is 0. The van der Waals surface area contributed by atoms with Crippen molar-refractivity contribution < 1.29 is 14.1 Å². The minimum absolute atomic E-state index is 0.236. The van der Waals surface area contributed by atoms with Gasteiger partial charge in [0.2, 0.25) is 0 Å². The van der Waals surface area contributed by atoms with E-state index in [1.807, 2.05) is 37.3 Å². The van der Waals surface area contributed by atoms with Gasteiger partial charge in [-0.2, -0.15) is 0 Å². The lowest BCUT2D eigenvalue weighted by molar-refractivity contribution is -0.401. The predicted molar refractivity (Wildman–Crippen MR) is 89.2 cm³/mol. The van der Waals surface area contributed by atoms with Crippen molar-refractivity contribution in [3.05, 3.63) is 58.1 Å². The SMILES string of the molecule is COc1ccc2cc3c(ccc4oc([N+](=O)[O-])cc43)c(C)c2c1. The smallest absolute Gasteiger partial charge is 0.434 e. The second-order valence-electron chi connectivity index (χ2n) is 5.50. The van der Waals surface area contributed by atoms with E-state index in [0.29, 0.717) is 5.58 Å². The summed E-state index contributed by atoms with van der Waals surface area (Å²) in [6, 6.07) is 13.2. The van der Waals surface area contributed by atoms with Crippen molar-refractivity contribution in [3.63, 3.8) is 0 Å². The molecule has 4 rings (SSSR count). The summed E-state index contributed by atoms with van der Waals surface area (Å²) in [5, 5.41) is 15.9. The Morgan fingerprint density at radius 3 is 2.57 bits per heavy atom. The van der Waals surface area contributed by atoms with E-state index < -0.39 is 4.92 Å². The molecule has 0 N–H and O–H groups in total. The number of ether oxygens (including phenoxy) is 1. The van der Waals surface area contributed by atoms with Gasteiger partial charge in [0.1, 0.15) is 16.3 Å². The molecule has 0 fully saturated rings. The highest BCUT2D eigenvalue weighted by Gasteiger charge is 2.16. The van der Waals surface area contributed by atoms with Crippen LogP contribution in [-0.2, 0) is 0 Å². The molecule has 0 amide bonds. The van der Waals surface area contributed by atoms with Crippen molar-refractivity contribution in [1.29, 1.82) is 0 Å². The number of fused-ring (bicyclic) bond motifs is 4. The number of nitrogens with zero attached hydrogens (tertiary/aromatic N) is 1. The van der Waals surface area contributed by atoms with Crippen molar-refractivity contribution >= 4 is 38.4 Å². The van der Waals surface area contributed by atoms with E-state index in [1.165, 1.54) is 6.07 Å². The molecule has 0 radical (unpaired) electrons. The van der Waals surface area contributed by atoms with Gasteiger partial charge < -0.3 is 9.15 Å². The maximum absolute atomic E-state index is 11.0. The van der Waals surface area contributed by atoms with Crippen molar-refractivity contribution in [3.8, 4) is 5.75 Å². The molecule has 0 saturated heterocycles. The number of methoxy groups -OCH3 is 1. The first kappa shape index (κ1) is 13.6. The van der Waals surface area contributed by atoms with Gasteiger partial charge >= 0.3 is 5.88 Å². The van der Waals surface area contributed by atoms with Crippen LogP contribution in [0.25, 0.3) is 32.5 Å². The summed E-state index contributed by atoms with van der Waals surface area (Å²) in [4.78, 5) is 10.4. The minimum Gasteiger partial charge on any atom is -0.497 e. The average molecular weight is 307 g/mol. The lowest BCUT2D eigenvalue weighted by atomic mass is 9.96.